The van der Waals surface area contributed by atoms with Crippen molar-refractivity contribution >= 4 is 45.8 Å². The van der Waals surface area contributed by atoms with E-state index in [1.165, 1.54) is 40.0 Å². The summed E-state index contributed by atoms with van der Waals surface area (Å²) < 4.78 is 61.4. The number of hydrogen-bond donors (Lipinski definition) is 0. The Labute approximate surface area is 365 Å². The van der Waals surface area contributed by atoms with Gasteiger partial charge in [-0.25, -0.2) is 4.79 Å². The minimum Gasteiger partial charge on any atom is -0.492 e. The minimum atomic E-state index is -1.48. The summed E-state index contributed by atoms with van der Waals surface area (Å²) in [6.45, 7) is 4.01. The first kappa shape index (κ1) is 41.8. The average Bonchev–Trinajstić information content (AvgIpc) is 3.67. The summed E-state index contributed by atoms with van der Waals surface area (Å²) >= 11 is 0. The average molecular weight is 871 g/mol. The van der Waals surface area contributed by atoms with Gasteiger partial charge in [-0.15, -0.1) is 0 Å². The topological polar surface area (TPSA) is 182 Å². The highest BCUT2D eigenvalue weighted by Gasteiger charge is 2.48. The Balaban J connectivity index is 1.43. The van der Waals surface area contributed by atoms with Crippen LogP contribution in [0.1, 0.15) is 90.9 Å². The molecule has 1 aromatic heterocycles. The molecule has 2 aliphatic heterocycles. The van der Waals surface area contributed by atoms with Crippen LogP contribution in [0.5, 0.6) is 28.7 Å². The molecule has 64 heavy (non-hydrogen) atoms. The molecule has 0 bridgehead atoms. The van der Waals surface area contributed by atoms with Crippen LogP contribution >= 0.6 is 0 Å². The molecular weight excluding hydrogens is 829 g/mol. The quantitative estimate of drug-likeness (QED) is 0.0648. The number of hydrogen-bond acceptors (Lipinski definition) is 15. The highest BCUT2D eigenvalue weighted by atomic mass is 16.9. The summed E-state index contributed by atoms with van der Waals surface area (Å²) in [5.41, 5.74) is 2.13. The van der Waals surface area contributed by atoms with E-state index in [-0.39, 0.29) is 86.2 Å². The van der Waals surface area contributed by atoms with E-state index >= 15 is 4.79 Å². The third-order valence-corrected chi connectivity index (χ3v) is 11.1. The Morgan fingerprint density at radius 3 is 1.95 bits per heavy atom. The zero-order valence-corrected chi connectivity index (χ0v) is 35.5. The number of carbonyl (C=O) groups is 4. The van der Waals surface area contributed by atoms with E-state index in [9.17, 15) is 19.2 Å². The van der Waals surface area contributed by atoms with Crippen molar-refractivity contribution in [3.63, 3.8) is 0 Å². The number of esters is 4. The minimum absolute atomic E-state index is 0.0256. The van der Waals surface area contributed by atoms with Crippen molar-refractivity contribution in [2.75, 3.05) is 7.11 Å². The predicted molar refractivity (Wildman–Crippen MR) is 227 cm³/mol. The number of benzene rings is 5. The van der Waals surface area contributed by atoms with Gasteiger partial charge in [0.2, 0.25) is 5.43 Å². The standard InChI is InChI=1S/C49H42O15/c1-6-13-30-20-29-21-31-35(43(34(29)48(54)61-30)56-22-27-14-9-7-10-15-27)37-38(46(59-25(3)51)41(31)58-24(2)50)45(55-5)47-39(44(37)57-23-28-16-11-8-12-17-28)40(53)36-32(62-47)18-19-33-42(36)64-49(63-33)60-26(4)52/h7-12,14-19,21,30,41,46,49H,6,13,20,22-23H2,1-5H3/t30-,41+,46+,49?/m1/s1. The maximum atomic E-state index is 15.4. The predicted octanol–water partition coefficient (Wildman–Crippen LogP) is 8.50. The van der Waals surface area contributed by atoms with Crippen molar-refractivity contribution in [3.8, 4) is 39.9 Å². The number of fused-ring (bicyclic) bond motifs is 8. The third-order valence-electron chi connectivity index (χ3n) is 11.1. The normalized spacial score (nSPS) is 18.0. The van der Waals surface area contributed by atoms with Gasteiger partial charge in [0.1, 0.15) is 52.7 Å². The lowest BCUT2D eigenvalue weighted by molar-refractivity contribution is -0.192. The van der Waals surface area contributed by atoms with E-state index in [1.807, 2.05) is 67.6 Å². The summed E-state index contributed by atoms with van der Waals surface area (Å²) in [6, 6.07) is 23.2. The molecule has 0 spiro atoms. The lowest BCUT2D eigenvalue weighted by atomic mass is 9.76. The van der Waals surface area contributed by atoms with Gasteiger partial charge in [0.05, 0.1) is 12.7 Å². The van der Waals surface area contributed by atoms with E-state index in [0.29, 0.717) is 29.5 Å². The first-order valence-electron chi connectivity index (χ1n) is 20.7. The van der Waals surface area contributed by atoms with Gasteiger partial charge < -0.3 is 47.0 Å². The van der Waals surface area contributed by atoms with Gasteiger partial charge in [-0.3, -0.25) is 19.2 Å². The van der Waals surface area contributed by atoms with Crippen molar-refractivity contribution < 1.29 is 66.2 Å². The van der Waals surface area contributed by atoms with Crippen LogP contribution in [0.15, 0.2) is 88.1 Å². The van der Waals surface area contributed by atoms with Gasteiger partial charge in [0.15, 0.2) is 35.0 Å². The Kier molecular flexibility index (Phi) is 11.1. The molecule has 0 saturated carbocycles. The molecule has 6 aromatic rings. The van der Waals surface area contributed by atoms with Gasteiger partial charge in [-0.05, 0) is 35.2 Å². The highest BCUT2D eigenvalue weighted by molar-refractivity contribution is 6.08. The molecule has 328 valence electrons. The fraction of sp³-hybridized carbons (Fsp3) is 0.286. The number of methoxy groups -OCH3 is 1. The zero-order chi connectivity index (χ0) is 44.8. The molecule has 3 aliphatic rings. The van der Waals surface area contributed by atoms with Crippen LogP contribution in [0.4, 0.5) is 0 Å². The molecule has 0 radical (unpaired) electrons. The SMILES string of the molecule is CCC[C@@H]1Cc2cc3c(c(OCc4ccccc4)c2C(=O)O1)-c1c(c(OC)c2oc4ccc5c(c4c(=O)c2c1OCc1ccccc1)OC(OC(C)=O)O5)[C@H](OC(C)=O)[C@H]3OC(C)=O. The van der Waals surface area contributed by atoms with Crippen molar-refractivity contribution in [2.45, 2.75) is 85.0 Å². The fourth-order valence-corrected chi connectivity index (χ4v) is 8.67. The summed E-state index contributed by atoms with van der Waals surface area (Å²) in [5.74, 6) is -2.80. The molecule has 4 atom stereocenters. The van der Waals surface area contributed by atoms with Crippen molar-refractivity contribution in [2.24, 2.45) is 0 Å². The van der Waals surface area contributed by atoms with Crippen LogP contribution in [0.25, 0.3) is 33.1 Å². The van der Waals surface area contributed by atoms with Crippen LogP contribution < -0.4 is 29.1 Å². The van der Waals surface area contributed by atoms with E-state index in [2.05, 4.69) is 0 Å². The first-order valence-corrected chi connectivity index (χ1v) is 20.7. The van der Waals surface area contributed by atoms with Crippen LogP contribution in [0.2, 0.25) is 0 Å². The van der Waals surface area contributed by atoms with E-state index < -0.39 is 54.1 Å². The number of cyclic esters (lactones) is 1. The lowest BCUT2D eigenvalue weighted by Crippen LogP contribution is -2.31. The van der Waals surface area contributed by atoms with Crippen molar-refractivity contribution in [3.05, 3.63) is 122 Å². The van der Waals surface area contributed by atoms with E-state index in [1.54, 1.807) is 6.07 Å². The summed E-state index contributed by atoms with van der Waals surface area (Å²) in [7, 11) is 1.35. The van der Waals surface area contributed by atoms with Gasteiger partial charge >= 0.3 is 30.4 Å². The zero-order valence-electron chi connectivity index (χ0n) is 35.5. The summed E-state index contributed by atoms with van der Waals surface area (Å²) in [5, 5.41) is -0.212. The van der Waals surface area contributed by atoms with Crippen LogP contribution in [0.3, 0.4) is 0 Å². The van der Waals surface area contributed by atoms with Crippen molar-refractivity contribution in [1.29, 1.82) is 0 Å². The lowest BCUT2D eigenvalue weighted by Gasteiger charge is -2.38. The number of ether oxygens (including phenoxy) is 9. The summed E-state index contributed by atoms with van der Waals surface area (Å²) in [6.07, 6.45) is -1.60. The van der Waals surface area contributed by atoms with Crippen LogP contribution in [-0.4, -0.2) is 43.6 Å². The molecule has 1 unspecified atom stereocenters. The van der Waals surface area contributed by atoms with E-state index in [0.717, 1.165) is 12.0 Å². The highest BCUT2D eigenvalue weighted by Crippen LogP contribution is 2.61. The monoisotopic (exact) mass is 870 g/mol. The molecule has 0 fully saturated rings. The van der Waals surface area contributed by atoms with Gasteiger partial charge in [-0.2, -0.15) is 0 Å². The maximum Gasteiger partial charge on any atom is 0.408 e. The van der Waals surface area contributed by atoms with Gasteiger partial charge in [0, 0.05) is 43.9 Å². The molecule has 15 heteroatoms. The third kappa shape index (κ3) is 7.46. The Bertz CT molecular complexity index is 2920. The Hall–Kier alpha value is -7.55. The fourth-order valence-electron chi connectivity index (χ4n) is 8.67. The summed E-state index contributed by atoms with van der Waals surface area (Å²) in [4.78, 5) is 68.1. The van der Waals surface area contributed by atoms with Crippen molar-refractivity contribution in [1.82, 2.24) is 0 Å². The number of rotatable bonds is 12. The first-order chi connectivity index (χ1) is 30.9. The molecular formula is C49H42O15. The largest absolute Gasteiger partial charge is 0.492 e. The second kappa shape index (κ2) is 17.0. The molecule has 5 aromatic carbocycles. The molecule has 1 aliphatic carbocycles. The number of carbonyl (C=O) groups excluding carboxylic acids is 4. The van der Waals surface area contributed by atoms with E-state index in [4.69, 9.17) is 47.0 Å². The van der Waals surface area contributed by atoms with Gasteiger partial charge in [0.25, 0.3) is 0 Å². The smallest absolute Gasteiger partial charge is 0.408 e. The molecule has 0 saturated heterocycles. The molecule has 3 heterocycles. The van der Waals surface area contributed by atoms with Gasteiger partial charge in [-0.1, -0.05) is 80.1 Å². The molecule has 9 rings (SSSR count). The Morgan fingerprint density at radius 1 is 0.688 bits per heavy atom. The molecule has 15 nitrogen and oxygen atoms in total. The van der Waals surface area contributed by atoms with Crippen LogP contribution in [-0.2, 0) is 53.0 Å². The van der Waals surface area contributed by atoms with Crippen LogP contribution in [0, 0.1) is 0 Å². The second-order valence-corrected chi connectivity index (χ2v) is 15.5. The second-order valence-electron chi connectivity index (χ2n) is 15.5. The molecule has 0 amide bonds. The molecule has 0 N–H and O–H groups in total. The Morgan fingerprint density at radius 2 is 1.33 bits per heavy atom. The maximum absolute atomic E-state index is 15.4.